The van der Waals surface area contributed by atoms with Gasteiger partial charge in [-0.3, -0.25) is 0 Å². The third-order valence-corrected chi connectivity index (χ3v) is 3.95. The van der Waals surface area contributed by atoms with Crippen LogP contribution in [0.5, 0.6) is 0 Å². The second kappa shape index (κ2) is 6.11. The van der Waals surface area contributed by atoms with Crippen molar-refractivity contribution in [2.75, 3.05) is 11.9 Å². The Morgan fingerprint density at radius 2 is 2.11 bits per heavy atom. The summed E-state index contributed by atoms with van der Waals surface area (Å²) in [6.07, 6.45) is 7.67. The fourth-order valence-corrected chi connectivity index (χ4v) is 2.89. The maximum Gasteiger partial charge on any atom is 0.328 e. The normalized spacial score (nSPS) is 16.1. The molecular weight excluding hydrogens is 262 g/mol. The Labute approximate surface area is 118 Å². The van der Waals surface area contributed by atoms with E-state index in [0.29, 0.717) is 11.1 Å². The molecule has 0 atom stereocenters. The van der Waals surface area contributed by atoms with Crippen LogP contribution in [0.15, 0.2) is 24.3 Å². The summed E-state index contributed by atoms with van der Waals surface area (Å²) in [5.41, 5.74) is 1.82. The number of benzene rings is 1. The van der Waals surface area contributed by atoms with Crippen LogP contribution >= 0.6 is 11.6 Å². The van der Waals surface area contributed by atoms with Gasteiger partial charge in [0.05, 0.1) is 10.7 Å². The minimum Gasteiger partial charge on any atom is -0.478 e. The number of carboxylic acid groups (broad SMARTS) is 1. The summed E-state index contributed by atoms with van der Waals surface area (Å²) in [5.74, 6) is -0.955. The zero-order valence-corrected chi connectivity index (χ0v) is 11.7. The van der Waals surface area contributed by atoms with Crippen molar-refractivity contribution in [3.05, 3.63) is 34.9 Å². The Kier molecular flexibility index (Phi) is 4.48. The number of anilines is 1. The Morgan fingerprint density at radius 3 is 2.68 bits per heavy atom. The summed E-state index contributed by atoms with van der Waals surface area (Å²) >= 11 is 6.30. The summed E-state index contributed by atoms with van der Waals surface area (Å²) in [6, 6.07) is 6.23. The van der Waals surface area contributed by atoms with Gasteiger partial charge in [0.15, 0.2) is 0 Å². The lowest BCUT2D eigenvalue weighted by molar-refractivity contribution is -0.131. The van der Waals surface area contributed by atoms with Crippen molar-refractivity contribution >= 4 is 29.3 Å². The molecule has 0 saturated heterocycles. The molecule has 4 heteroatoms. The molecule has 0 radical (unpaired) electrons. The van der Waals surface area contributed by atoms with Crippen molar-refractivity contribution in [3.63, 3.8) is 0 Å². The third kappa shape index (κ3) is 3.51. The molecule has 1 aliphatic carbocycles. The van der Waals surface area contributed by atoms with Gasteiger partial charge in [0.1, 0.15) is 0 Å². The fourth-order valence-electron chi connectivity index (χ4n) is 2.57. The van der Waals surface area contributed by atoms with E-state index < -0.39 is 5.97 Å². The first-order valence-electron chi connectivity index (χ1n) is 6.51. The van der Waals surface area contributed by atoms with Gasteiger partial charge in [-0.25, -0.2) is 4.79 Å². The molecule has 1 fully saturated rings. The lowest BCUT2D eigenvalue weighted by Crippen LogP contribution is -2.28. The first-order valence-corrected chi connectivity index (χ1v) is 6.89. The van der Waals surface area contributed by atoms with Gasteiger partial charge in [-0.2, -0.15) is 0 Å². The van der Waals surface area contributed by atoms with Crippen LogP contribution < -0.4 is 4.90 Å². The highest BCUT2D eigenvalue weighted by Gasteiger charge is 2.21. The summed E-state index contributed by atoms with van der Waals surface area (Å²) in [6.45, 7) is 0. The SMILES string of the molecule is CN(c1ccc(/C=C/C(=O)O)cc1Cl)C1CCCC1. The lowest BCUT2D eigenvalue weighted by atomic mass is 10.1. The molecule has 1 aromatic carbocycles. The molecule has 0 aliphatic heterocycles. The average molecular weight is 280 g/mol. The van der Waals surface area contributed by atoms with Crippen molar-refractivity contribution in [2.24, 2.45) is 0 Å². The summed E-state index contributed by atoms with van der Waals surface area (Å²) in [7, 11) is 2.07. The molecule has 2 rings (SSSR count). The zero-order valence-electron chi connectivity index (χ0n) is 11.0. The third-order valence-electron chi connectivity index (χ3n) is 3.64. The predicted octanol–water partition coefficient (Wildman–Crippen LogP) is 3.82. The first-order chi connectivity index (χ1) is 9.08. The number of carboxylic acids is 1. The van der Waals surface area contributed by atoms with Crippen molar-refractivity contribution in [2.45, 2.75) is 31.7 Å². The number of halogens is 1. The maximum atomic E-state index is 10.5. The van der Waals surface area contributed by atoms with Crippen molar-refractivity contribution < 1.29 is 9.90 Å². The number of nitrogens with zero attached hydrogens (tertiary/aromatic N) is 1. The Morgan fingerprint density at radius 1 is 1.42 bits per heavy atom. The Balaban J connectivity index is 2.16. The van der Waals surface area contributed by atoms with Crippen LogP contribution in [0.1, 0.15) is 31.2 Å². The molecule has 1 N–H and O–H groups in total. The van der Waals surface area contributed by atoms with E-state index in [9.17, 15) is 4.79 Å². The molecule has 0 unspecified atom stereocenters. The summed E-state index contributed by atoms with van der Waals surface area (Å²) in [5, 5.41) is 9.27. The number of carbonyl (C=O) groups is 1. The van der Waals surface area contributed by atoms with Crippen LogP contribution in [0, 0.1) is 0 Å². The topological polar surface area (TPSA) is 40.5 Å². The standard InChI is InChI=1S/C15H18ClNO2/c1-17(12-4-2-3-5-12)14-8-6-11(10-13(14)16)7-9-15(18)19/h6-10,12H,2-5H2,1H3,(H,18,19)/b9-7+. The van der Waals surface area contributed by atoms with Crippen LogP contribution in [0.25, 0.3) is 6.08 Å². The van der Waals surface area contributed by atoms with Gasteiger partial charge < -0.3 is 10.0 Å². The molecular formula is C15H18ClNO2. The second-order valence-corrected chi connectivity index (χ2v) is 5.34. The van der Waals surface area contributed by atoms with Crippen LogP contribution in [0.4, 0.5) is 5.69 Å². The van der Waals surface area contributed by atoms with E-state index >= 15 is 0 Å². The van der Waals surface area contributed by atoms with E-state index in [1.165, 1.54) is 25.7 Å². The minimum atomic E-state index is -0.955. The van der Waals surface area contributed by atoms with Gasteiger partial charge in [0.25, 0.3) is 0 Å². The van der Waals surface area contributed by atoms with Crippen LogP contribution in [0.2, 0.25) is 5.02 Å². The highest BCUT2D eigenvalue weighted by atomic mass is 35.5. The summed E-state index contributed by atoms with van der Waals surface area (Å²) in [4.78, 5) is 12.7. The Hall–Kier alpha value is -1.48. The van der Waals surface area contributed by atoms with Gasteiger partial charge in [0, 0.05) is 19.2 Å². The van der Waals surface area contributed by atoms with E-state index in [-0.39, 0.29) is 0 Å². The van der Waals surface area contributed by atoms with Crippen LogP contribution in [0.3, 0.4) is 0 Å². The highest BCUT2D eigenvalue weighted by Crippen LogP contribution is 2.32. The highest BCUT2D eigenvalue weighted by molar-refractivity contribution is 6.33. The lowest BCUT2D eigenvalue weighted by Gasteiger charge is -2.27. The van der Waals surface area contributed by atoms with Crippen LogP contribution in [-0.4, -0.2) is 24.2 Å². The van der Waals surface area contributed by atoms with E-state index in [4.69, 9.17) is 16.7 Å². The van der Waals surface area contributed by atoms with Crippen molar-refractivity contribution in [3.8, 4) is 0 Å². The zero-order chi connectivity index (χ0) is 13.8. The molecule has 0 aromatic heterocycles. The van der Waals surface area contributed by atoms with Crippen molar-refractivity contribution in [1.82, 2.24) is 0 Å². The predicted molar refractivity (Wildman–Crippen MR) is 78.8 cm³/mol. The van der Waals surface area contributed by atoms with Crippen LogP contribution in [-0.2, 0) is 4.79 Å². The average Bonchev–Trinajstić information content (AvgIpc) is 2.89. The van der Waals surface area contributed by atoms with E-state index in [2.05, 4.69) is 11.9 Å². The molecule has 1 aromatic rings. The molecule has 0 spiro atoms. The molecule has 1 saturated carbocycles. The minimum absolute atomic E-state index is 0.568. The van der Waals surface area contributed by atoms with Crippen molar-refractivity contribution in [1.29, 1.82) is 0 Å². The first kappa shape index (κ1) is 13.9. The van der Waals surface area contributed by atoms with Gasteiger partial charge in [-0.1, -0.05) is 30.5 Å². The molecule has 0 heterocycles. The van der Waals surface area contributed by atoms with E-state index in [0.717, 1.165) is 17.3 Å². The van der Waals surface area contributed by atoms with E-state index in [1.807, 2.05) is 18.2 Å². The number of hydrogen-bond donors (Lipinski definition) is 1. The summed E-state index contributed by atoms with van der Waals surface area (Å²) < 4.78 is 0. The maximum absolute atomic E-state index is 10.5. The van der Waals surface area contributed by atoms with Gasteiger partial charge in [-0.05, 0) is 36.6 Å². The monoisotopic (exact) mass is 279 g/mol. The van der Waals surface area contributed by atoms with Gasteiger partial charge >= 0.3 is 5.97 Å². The molecule has 1 aliphatic rings. The quantitative estimate of drug-likeness (QED) is 0.852. The fraction of sp³-hybridized carbons (Fsp3) is 0.400. The number of hydrogen-bond acceptors (Lipinski definition) is 2. The Bertz CT molecular complexity index is 493. The van der Waals surface area contributed by atoms with Gasteiger partial charge in [-0.15, -0.1) is 0 Å². The number of aliphatic carboxylic acids is 1. The smallest absolute Gasteiger partial charge is 0.328 e. The molecule has 19 heavy (non-hydrogen) atoms. The molecule has 3 nitrogen and oxygen atoms in total. The molecule has 102 valence electrons. The second-order valence-electron chi connectivity index (χ2n) is 4.93. The molecule has 0 bridgehead atoms. The number of rotatable bonds is 4. The van der Waals surface area contributed by atoms with Gasteiger partial charge in [0.2, 0.25) is 0 Å². The van der Waals surface area contributed by atoms with E-state index in [1.54, 1.807) is 6.08 Å². The largest absolute Gasteiger partial charge is 0.478 e. The molecule has 0 amide bonds.